The molecule has 0 aromatic heterocycles. The van der Waals surface area contributed by atoms with Gasteiger partial charge >= 0.3 is 0 Å². The van der Waals surface area contributed by atoms with Gasteiger partial charge in [0.25, 0.3) is 0 Å². The van der Waals surface area contributed by atoms with E-state index in [-0.39, 0.29) is 10.5 Å². The van der Waals surface area contributed by atoms with Crippen LogP contribution in [0, 0.1) is 11.6 Å². The van der Waals surface area contributed by atoms with Crippen molar-refractivity contribution in [1.82, 2.24) is 0 Å². The van der Waals surface area contributed by atoms with Crippen molar-refractivity contribution >= 4 is 9.84 Å². The Morgan fingerprint density at radius 1 is 1.10 bits per heavy atom. The van der Waals surface area contributed by atoms with Crippen molar-refractivity contribution in [3.63, 3.8) is 0 Å². The molecule has 0 heterocycles. The Hall–Kier alpha value is -1.79. The molecule has 3 nitrogen and oxygen atoms in total. The first-order valence-corrected chi connectivity index (χ1v) is 7.69. The summed E-state index contributed by atoms with van der Waals surface area (Å²) in [5.74, 6) is -1.24. The smallest absolute Gasteiger partial charge is 0.175 e. The lowest BCUT2D eigenvalue weighted by Crippen LogP contribution is -2.14. The Morgan fingerprint density at radius 3 is 2.45 bits per heavy atom. The molecule has 2 aromatic carbocycles. The van der Waals surface area contributed by atoms with Crippen molar-refractivity contribution in [3.05, 3.63) is 65.2 Å². The summed E-state index contributed by atoms with van der Waals surface area (Å²) in [5, 5.41) is 0. The van der Waals surface area contributed by atoms with Gasteiger partial charge in [-0.15, -0.1) is 0 Å². The SMILES string of the molecule is CS(=O)(=O)c1cccc(C(N)c2cc(F)ccc2F)c1. The summed E-state index contributed by atoms with van der Waals surface area (Å²) in [6, 6.07) is 7.94. The first-order valence-electron chi connectivity index (χ1n) is 5.79. The standard InChI is InChI=1S/C14H13F2NO2S/c1-20(18,19)11-4-2-3-9(7-11)14(17)12-8-10(15)5-6-13(12)16/h2-8,14H,17H2,1H3. The molecule has 0 aliphatic rings. The summed E-state index contributed by atoms with van der Waals surface area (Å²) in [7, 11) is -3.38. The first kappa shape index (κ1) is 14.6. The summed E-state index contributed by atoms with van der Waals surface area (Å²) in [5.41, 5.74) is 6.28. The van der Waals surface area contributed by atoms with Gasteiger partial charge in [0.1, 0.15) is 11.6 Å². The second-order valence-electron chi connectivity index (χ2n) is 4.49. The van der Waals surface area contributed by atoms with E-state index in [1.807, 2.05) is 0 Å². The molecular formula is C14H13F2NO2S. The normalized spacial score (nSPS) is 13.2. The van der Waals surface area contributed by atoms with Crippen molar-refractivity contribution in [3.8, 4) is 0 Å². The predicted molar refractivity (Wildman–Crippen MR) is 71.9 cm³/mol. The van der Waals surface area contributed by atoms with E-state index in [9.17, 15) is 17.2 Å². The summed E-state index contributed by atoms with van der Waals surface area (Å²) < 4.78 is 49.8. The molecule has 0 amide bonds. The van der Waals surface area contributed by atoms with Gasteiger partial charge in [-0.2, -0.15) is 0 Å². The minimum atomic E-state index is -3.38. The van der Waals surface area contributed by atoms with E-state index in [1.165, 1.54) is 18.2 Å². The first-order chi connectivity index (χ1) is 9.29. The van der Waals surface area contributed by atoms with Crippen LogP contribution in [0.4, 0.5) is 8.78 Å². The third-order valence-electron chi connectivity index (χ3n) is 2.94. The number of benzene rings is 2. The van der Waals surface area contributed by atoms with Crippen LogP contribution in [0.1, 0.15) is 17.2 Å². The van der Waals surface area contributed by atoms with E-state index >= 15 is 0 Å². The molecule has 0 saturated carbocycles. The number of rotatable bonds is 3. The van der Waals surface area contributed by atoms with Crippen LogP contribution in [0.3, 0.4) is 0 Å². The predicted octanol–water partition coefficient (Wildman–Crippen LogP) is 2.42. The molecule has 0 saturated heterocycles. The maximum Gasteiger partial charge on any atom is 0.175 e. The third kappa shape index (κ3) is 3.02. The molecule has 0 bridgehead atoms. The van der Waals surface area contributed by atoms with Gasteiger partial charge < -0.3 is 5.73 Å². The van der Waals surface area contributed by atoms with Crippen LogP contribution in [0.15, 0.2) is 47.4 Å². The van der Waals surface area contributed by atoms with Gasteiger partial charge in [0.15, 0.2) is 9.84 Å². The highest BCUT2D eigenvalue weighted by Gasteiger charge is 2.16. The monoisotopic (exact) mass is 297 g/mol. The molecule has 1 unspecified atom stereocenters. The quantitative estimate of drug-likeness (QED) is 0.946. The third-order valence-corrected chi connectivity index (χ3v) is 4.05. The lowest BCUT2D eigenvalue weighted by atomic mass is 9.99. The number of hydrogen-bond acceptors (Lipinski definition) is 3. The summed E-state index contributed by atoms with van der Waals surface area (Å²) >= 11 is 0. The van der Waals surface area contributed by atoms with Crippen molar-refractivity contribution in [1.29, 1.82) is 0 Å². The van der Waals surface area contributed by atoms with E-state index < -0.39 is 27.5 Å². The fourth-order valence-electron chi connectivity index (χ4n) is 1.87. The Balaban J connectivity index is 2.48. The lowest BCUT2D eigenvalue weighted by molar-refractivity contribution is 0.576. The van der Waals surface area contributed by atoms with E-state index in [2.05, 4.69) is 0 Å². The highest BCUT2D eigenvalue weighted by Crippen LogP contribution is 2.24. The van der Waals surface area contributed by atoms with Crippen LogP contribution in [-0.2, 0) is 9.84 Å². The molecule has 2 rings (SSSR count). The summed E-state index contributed by atoms with van der Waals surface area (Å²) in [6.07, 6.45) is 1.07. The fourth-order valence-corrected chi connectivity index (χ4v) is 2.55. The molecule has 20 heavy (non-hydrogen) atoms. The molecule has 0 aliphatic carbocycles. The van der Waals surface area contributed by atoms with Crippen molar-refractivity contribution in [2.45, 2.75) is 10.9 Å². The molecule has 1 atom stereocenters. The maximum atomic E-state index is 13.7. The van der Waals surface area contributed by atoms with Gasteiger partial charge in [-0.05, 0) is 35.9 Å². The average Bonchev–Trinajstić information content (AvgIpc) is 2.40. The van der Waals surface area contributed by atoms with Gasteiger partial charge in [-0.3, -0.25) is 0 Å². The summed E-state index contributed by atoms with van der Waals surface area (Å²) in [6.45, 7) is 0. The van der Waals surface area contributed by atoms with Crippen molar-refractivity contribution < 1.29 is 17.2 Å². The number of sulfone groups is 1. The van der Waals surface area contributed by atoms with E-state index in [0.717, 1.165) is 24.5 Å². The number of halogens is 2. The van der Waals surface area contributed by atoms with Crippen LogP contribution in [0.25, 0.3) is 0 Å². The highest BCUT2D eigenvalue weighted by atomic mass is 32.2. The summed E-state index contributed by atoms with van der Waals surface area (Å²) in [4.78, 5) is 0.0854. The van der Waals surface area contributed by atoms with Gasteiger partial charge in [0.2, 0.25) is 0 Å². The number of nitrogens with two attached hydrogens (primary N) is 1. The zero-order valence-electron chi connectivity index (χ0n) is 10.7. The van der Waals surface area contributed by atoms with Crippen LogP contribution in [0.5, 0.6) is 0 Å². The van der Waals surface area contributed by atoms with E-state index in [4.69, 9.17) is 5.73 Å². The topological polar surface area (TPSA) is 60.2 Å². The Bertz CT molecular complexity index is 745. The second-order valence-corrected chi connectivity index (χ2v) is 6.50. The molecule has 6 heteroatoms. The minimum Gasteiger partial charge on any atom is -0.320 e. The molecule has 0 spiro atoms. The minimum absolute atomic E-state index is 0.0179. The molecule has 2 aromatic rings. The molecule has 2 N–H and O–H groups in total. The zero-order valence-corrected chi connectivity index (χ0v) is 11.5. The van der Waals surface area contributed by atoms with Crippen LogP contribution >= 0.6 is 0 Å². The van der Waals surface area contributed by atoms with Crippen LogP contribution in [-0.4, -0.2) is 14.7 Å². The zero-order chi connectivity index (χ0) is 14.9. The Kier molecular flexibility index (Phi) is 3.87. The van der Waals surface area contributed by atoms with Crippen molar-refractivity contribution in [2.75, 3.05) is 6.26 Å². The Labute approximate surface area is 116 Å². The fraction of sp³-hybridized carbons (Fsp3) is 0.143. The maximum absolute atomic E-state index is 13.7. The van der Waals surface area contributed by atoms with Crippen LogP contribution < -0.4 is 5.73 Å². The van der Waals surface area contributed by atoms with Gasteiger partial charge in [0, 0.05) is 11.8 Å². The number of hydrogen-bond donors (Lipinski definition) is 1. The lowest BCUT2D eigenvalue weighted by Gasteiger charge is -2.14. The van der Waals surface area contributed by atoms with Gasteiger partial charge in [-0.1, -0.05) is 12.1 Å². The Morgan fingerprint density at radius 2 is 1.80 bits per heavy atom. The second kappa shape index (κ2) is 5.30. The van der Waals surface area contributed by atoms with E-state index in [0.29, 0.717) is 5.56 Å². The van der Waals surface area contributed by atoms with Crippen molar-refractivity contribution in [2.24, 2.45) is 5.73 Å². The molecule has 0 fully saturated rings. The van der Waals surface area contributed by atoms with E-state index in [1.54, 1.807) is 6.07 Å². The molecule has 0 aliphatic heterocycles. The molecular weight excluding hydrogens is 284 g/mol. The van der Waals surface area contributed by atoms with Crippen LogP contribution in [0.2, 0.25) is 0 Å². The highest BCUT2D eigenvalue weighted by molar-refractivity contribution is 7.90. The average molecular weight is 297 g/mol. The molecule has 0 radical (unpaired) electrons. The van der Waals surface area contributed by atoms with Gasteiger partial charge in [-0.25, -0.2) is 17.2 Å². The van der Waals surface area contributed by atoms with Gasteiger partial charge in [0.05, 0.1) is 10.9 Å². The largest absolute Gasteiger partial charge is 0.320 e. The molecule has 106 valence electrons.